The molecule has 0 saturated heterocycles. The van der Waals surface area contributed by atoms with Gasteiger partial charge in [0.05, 0.1) is 5.69 Å². The van der Waals surface area contributed by atoms with Crippen LogP contribution in [-0.4, -0.2) is 17.2 Å². The SMILES string of the molecule is CC(Oc1c(N)cccc1C(=O)O)C(C)(C)C. The van der Waals surface area contributed by atoms with E-state index in [-0.39, 0.29) is 22.8 Å². The summed E-state index contributed by atoms with van der Waals surface area (Å²) in [5.74, 6) is -0.782. The van der Waals surface area contributed by atoms with Gasteiger partial charge in [-0.05, 0) is 24.5 Å². The Hall–Kier alpha value is -1.71. The molecule has 0 aliphatic rings. The van der Waals surface area contributed by atoms with Crippen LogP contribution in [0.25, 0.3) is 0 Å². The monoisotopic (exact) mass is 237 g/mol. The smallest absolute Gasteiger partial charge is 0.339 e. The average Bonchev–Trinajstić information content (AvgIpc) is 2.18. The normalized spacial score (nSPS) is 13.2. The summed E-state index contributed by atoms with van der Waals surface area (Å²) in [6.07, 6.45) is -0.134. The fraction of sp³-hybridized carbons (Fsp3) is 0.462. The van der Waals surface area contributed by atoms with Gasteiger partial charge in [-0.1, -0.05) is 26.8 Å². The minimum atomic E-state index is -1.03. The third-order valence-corrected chi connectivity index (χ3v) is 2.79. The Morgan fingerprint density at radius 1 is 1.41 bits per heavy atom. The molecule has 0 saturated carbocycles. The van der Waals surface area contributed by atoms with E-state index in [9.17, 15) is 4.79 Å². The zero-order valence-electron chi connectivity index (χ0n) is 10.7. The van der Waals surface area contributed by atoms with Crippen LogP contribution in [0.5, 0.6) is 5.75 Å². The fourth-order valence-corrected chi connectivity index (χ4v) is 1.21. The summed E-state index contributed by atoms with van der Waals surface area (Å²) in [7, 11) is 0. The molecule has 0 fully saturated rings. The number of carbonyl (C=O) groups is 1. The maximum atomic E-state index is 11.1. The van der Waals surface area contributed by atoms with Crippen molar-refractivity contribution in [1.29, 1.82) is 0 Å². The van der Waals surface area contributed by atoms with Crippen LogP contribution in [0, 0.1) is 5.41 Å². The van der Waals surface area contributed by atoms with Crippen molar-refractivity contribution in [1.82, 2.24) is 0 Å². The lowest BCUT2D eigenvalue weighted by atomic mass is 9.90. The quantitative estimate of drug-likeness (QED) is 0.793. The van der Waals surface area contributed by atoms with Crippen molar-refractivity contribution >= 4 is 11.7 Å². The lowest BCUT2D eigenvalue weighted by Gasteiger charge is -2.28. The van der Waals surface area contributed by atoms with Gasteiger partial charge in [0.2, 0.25) is 0 Å². The van der Waals surface area contributed by atoms with E-state index in [2.05, 4.69) is 0 Å². The maximum absolute atomic E-state index is 11.1. The highest BCUT2D eigenvalue weighted by molar-refractivity contribution is 5.93. The van der Waals surface area contributed by atoms with Crippen LogP contribution in [0.2, 0.25) is 0 Å². The molecule has 1 atom stereocenters. The van der Waals surface area contributed by atoms with Gasteiger partial charge in [0.1, 0.15) is 11.7 Å². The first kappa shape index (κ1) is 13.4. The highest BCUT2D eigenvalue weighted by Gasteiger charge is 2.24. The van der Waals surface area contributed by atoms with Gasteiger partial charge in [-0.3, -0.25) is 0 Å². The molecule has 1 unspecified atom stereocenters. The Kier molecular flexibility index (Phi) is 3.66. The van der Waals surface area contributed by atoms with Gasteiger partial charge in [-0.25, -0.2) is 4.79 Å². The first-order valence-corrected chi connectivity index (χ1v) is 5.52. The Morgan fingerprint density at radius 2 is 2.00 bits per heavy atom. The predicted octanol–water partition coefficient (Wildman–Crippen LogP) is 2.78. The van der Waals surface area contributed by atoms with E-state index >= 15 is 0 Å². The number of nitrogen functional groups attached to an aromatic ring is 1. The van der Waals surface area contributed by atoms with Gasteiger partial charge in [0.25, 0.3) is 0 Å². The van der Waals surface area contributed by atoms with Gasteiger partial charge in [-0.2, -0.15) is 0 Å². The van der Waals surface area contributed by atoms with E-state index in [1.54, 1.807) is 12.1 Å². The summed E-state index contributed by atoms with van der Waals surface area (Å²) in [6, 6.07) is 4.73. The largest absolute Gasteiger partial charge is 0.487 e. The van der Waals surface area contributed by atoms with Gasteiger partial charge in [0.15, 0.2) is 5.75 Å². The van der Waals surface area contributed by atoms with Crippen LogP contribution < -0.4 is 10.5 Å². The summed E-state index contributed by atoms with van der Waals surface area (Å²) >= 11 is 0. The third-order valence-electron chi connectivity index (χ3n) is 2.79. The van der Waals surface area contributed by atoms with Gasteiger partial charge < -0.3 is 15.6 Å². The fourth-order valence-electron chi connectivity index (χ4n) is 1.21. The summed E-state index contributed by atoms with van der Waals surface area (Å²) < 4.78 is 5.70. The second kappa shape index (κ2) is 4.65. The third kappa shape index (κ3) is 3.12. The van der Waals surface area contributed by atoms with Gasteiger partial charge in [-0.15, -0.1) is 0 Å². The summed E-state index contributed by atoms with van der Waals surface area (Å²) in [5, 5.41) is 9.07. The van der Waals surface area contributed by atoms with Crippen molar-refractivity contribution in [2.24, 2.45) is 5.41 Å². The Balaban J connectivity index is 3.09. The Morgan fingerprint density at radius 3 is 2.47 bits per heavy atom. The van der Waals surface area contributed by atoms with Gasteiger partial charge in [0, 0.05) is 0 Å². The van der Waals surface area contributed by atoms with E-state index < -0.39 is 5.97 Å². The summed E-state index contributed by atoms with van der Waals surface area (Å²) in [6.45, 7) is 7.98. The van der Waals surface area contributed by atoms with Crippen molar-refractivity contribution in [3.8, 4) is 5.75 Å². The molecule has 0 aromatic heterocycles. The van der Waals surface area contributed by atoms with Crippen LogP contribution in [0.3, 0.4) is 0 Å². The summed E-state index contributed by atoms with van der Waals surface area (Å²) in [5.41, 5.74) is 6.12. The van der Waals surface area contributed by atoms with E-state index in [0.717, 1.165) is 0 Å². The number of benzene rings is 1. The maximum Gasteiger partial charge on any atom is 0.339 e. The number of carboxylic acid groups (broad SMARTS) is 1. The number of nitrogens with two attached hydrogens (primary N) is 1. The number of aromatic carboxylic acids is 1. The minimum absolute atomic E-state index is 0.0853. The molecule has 0 aliphatic heterocycles. The van der Waals surface area contributed by atoms with Crippen LogP contribution in [0.15, 0.2) is 18.2 Å². The molecule has 4 heteroatoms. The zero-order valence-corrected chi connectivity index (χ0v) is 10.7. The molecule has 94 valence electrons. The van der Waals surface area contributed by atoms with Gasteiger partial charge >= 0.3 is 5.97 Å². The first-order chi connectivity index (χ1) is 7.73. The number of anilines is 1. The molecule has 0 amide bonds. The average molecular weight is 237 g/mol. The second-order valence-electron chi connectivity index (χ2n) is 5.16. The molecule has 0 aliphatic carbocycles. The van der Waals surface area contributed by atoms with Crippen molar-refractivity contribution < 1.29 is 14.6 Å². The second-order valence-corrected chi connectivity index (χ2v) is 5.16. The number of ether oxygens (including phenoxy) is 1. The number of carboxylic acids is 1. The molecule has 0 spiro atoms. The number of rotatable bonds is 3. The highest BCUT2D eigenvalue weighted by atomic mass is 16.5. The van der Waals surface area contributed by atoms with Crippen LogP contribution in [0.1, 0.15) is 38.1 Å². The van der Waals surface area contributed by atoms with Crippen molar-refractivity contribution in [2.75, 3.05) is 5.73 Å². The summed E-state index contributed by atoms with van der Waals surface area (Å²) in [4.78, 5) is 11.1. The van der Waals surface area contributed by atoms with Crippen LogP contribution >= 0.6 is 0 Å². The van der Waals surface area contributed by atoms with E-state index in [1.165, 1.54) is 6.07 Å². The van der Waals surface area contributed by atoms with Crippen molar-refractivity contribution in [2.45, 2.75) is 33.8 Å². The van der Waals surface area contributed by atoms with Crippen LogP contribution in [-0.2, 0) is 0 Å². The molecule has 1 aromatic carbocycles. The molecule has 0 heterocycles. The molecule has 0 bridgehead atoms. The number of hydrogen-bond acceptors (Lipinski definition) is 3. The topological polar surface area (TPSA) is 72.5 Å². The van der Waals surface area contributed by atoms with Crippen LogP contribution in [0.4, 0.5) is 5.69 Å². The number of para-hydroxylation sites is 1. The van der Waals surface area contributed by atoms with Crippen molar-refractivity contribution in [3.63, 3.8) is 0 Å². The minimum Gasteiger partial charge on any atom is -0.487 e. The molecule has 3 N–H and O–H groups in total. The number of hydrogen-bond donors (Lipinski definition) is 2. The van der Waals surface area contributed by atoms with Crippen molar-refractivity contribution in [3.05, 3.63) is 23.8 Å². The molecule has 1 aromatic rings. The molecule has 1 rings (SSSR count). The molecular weight excluding hydrogens is 218 g/mol. The standard InChI is InChI=1S/C13H19NO3/c1-8(13(2,3)4)17-11-9(12(15)16)6-5-7-10(11)14/h5-8H,14H2,1-4H3,(H,15,16). The van der Waals surface area contributed by atoms with E-state index in [1.807, 2.05) is 27.7 Å². The first-order valence-electron chi connectivity index (χ1n) is 5.52. The lowest BCUT2D eigenvalue weighted by molar-refractivity contribution is 0.0674. The molecule has 0 radical (unpaired) electrons. The molecular formula is C13H19NO3. The lowest BCUT2D eigenvalue weighted by Crippen LogP contribution is -2.29. The van der Waals surface area contributed by atoms with E-state index in [0.29, 0.717) is 5.69 Å². The zero-order chi connectivity index (χ0) is 13.2. The Labute approximate surface area is 101 Å². The predicted molar refractivity (Wildman–Crippen MR) is 67.4 cm³/mol. The molecule has 17 heavy (non-hydrogen) atoms. The molecule has 4 nitrogen and oxygen atoms in total. The highest BCUT2D eigenvalue weighted by Crippen LogP contribution is 2.31. The van der Waals surface area contributed by atoms with E-state index in [4.69, 9.17) is 15.6 Å². The Bertz CT molecular complexity index is 421.